The number of nitrogens with one attached hydrogen (secondary N) is 1. The lowest BCUT2D eigenvalue weighted by Gasteiger charge is -2.21. The number of thioether (sulfide) groups is 1. The average Bonchev–Trinajstić information content (AvgIpc) is 2.85. The Morgan fingerprint density at radius 3 is 2.44 bits per heavy atom. The van der Waals surface area contributed by atoms with Crippen LogP contribution in [0.15, 0.2) is 88.8 Å². The molecule has 0 fully saturated rings. The van der Waals surface area contributed by atoms with Crippen LogP contribution in [0.3, 0.4) is 0 Å². The molecule has 1 N–H and O–H groups in total. The number of carbonyl (C=O) groups is 1. The number of hydrogen-bond donors (Lipinski definition) is 1. The first kappa shape index (κ1) is 23.7. The highest BCUT2D eigenvalue weighted by molar-refractivity contribution is 8.00. The molecule has 34 heavy (non-hydrogen) atoms. The molecule has 2 atom stereocenters. The summed E-state index contributed by atoms with van der Waals surface area (Å²) >= 11 is 1.27. The van der Waals surface area contributed by atoms with Crippen LogP contribution in [0.4, 0.5) is 5.69 Å². The molecular formula is C27H27N3O3S. The molecule has 0 saturated carbocycles. The summed E-state index contributed by atoms with van der Waals surface area (Å²) in [4.78, 5) is 31.2. The van der Waals surface area contributed by atoms with E-state index in [-0.39, 0.29) is 17.5 Å². The van der Waals surface area contributed by atoms with Crippen LogP contribution in [0.25, 0.3) is 22.0 Å². The molecular weight excluding hydrogens is 446 g/mol. The van der Waals surface area contributed by atoms with Gasteiger partial charge in [0.25, 0.3) is 5.56 Å². The van der Waals surface area contributed by atoms with E-state index in [2.05, 4.69) is 5.32 Å². The Balaban J connectivity index is 1.63. The number of rotatable bonds is 8. The van der Waals surface area contributed by atoms with Crippen LogP contribution < -0.4 is 10.9 Å². The predicted octanol–water partition coefficient (Wildman–Crippen LogP) is 5.39. The number of methoxy groups -OCH3 is 1. The van der Waals surface area contributed by atoms with Crippen LogP contribution in [0.1, 0.15) is 19.9 Å². The largest absolute Gasteiger partial charge is 0.383 e. The first-order valence-electron chi connectivity index (χ1n) is 11.1. The van der Waals surface area contributed by atoms with Crippen molar-refractivity contribution in [2.24, 2.45) is 0 Å². The van der Waals surface area contributed by atoms with Gasteiger partial charge in [-0.25, -0.2) is 4.98 Å². The second-order valence-corrected chi connectivity index (χ2v) is 9.36. The van der Waals surface area contributed by atoms with Crippen LogP contribution in [0.2, 0.25) is 0 Å². The number of fused-ring (bicyclic) bond motifs is 1. The van der Waals surface area contributed by atoms with E-state index in [4.69, 9.17) is 9.72 Å². The van der Waals surface area contributed by atoms with Gasteiger partial charge in [-0.3, -0.25) is 14.2 Å². The highest BCUT2D eigenvalue weighted by Gasteiger charge is 2.22. The van der Waals surface area contributed by atoms with Crippen molar-refractivity contribution in [1.29, 1.82) is 0 Å². The van der Waals surface area contributed by atoms with Crippen molar-refractivity contribution < 1.29 is 9.53 Å². The van der Waals surface area contributed by atoms with Gasteiger partial charge in [0, 0.05) is 18.4 Å². The molecule has 0 aliphatic carbocycles. The molecule has 4 rings (SSSR count). The smallest absolute Gasteiger partial charge is 0.262 e. The van der Waals surface area contributed by atoms with Crippen molar-refractivity contribution >= 4 is 34.3 Å². The monoisotopic (exact) mass is 473 g/mol. The zero-order valence-electron chi connectivity index (χ0n) is 19.4. The predicted molar refractivity (Wildman–Crippen MR) is 138 cm³/mol. The van der Waals surface area contributed by atoms with E-state index in [1.165, 1.54) is 11.8 Å². The lowest BCUT2D eigenvalue weighted by atomic mass is 10.0. The molecule has 0 saturated heterocycles. The number of benzene rings is 3. The number of amides is 1. The molecule has 7 heteroatoms. The maximum Gasteiger partial charge on any atom is 0.262 e. The van der Waals surface area contributed by atoms with E-state index in [0.717, 1.165) is 16.8 Å². The zero-order chi connectivity index (χ0) is 24.1. The van der Waals surface area contributed by atoms with Crippen molar-refractivity contribution in [1.82, 2.24) is 9.55 Å². The summed E-state index contributed by atoms with van der Waals surface area (Å²) in [6, 6.07) is 24.7. The lowest BCUT2D eigenvalue weighted by molar-refractivity contribution is -0.115. The Bertz CT molecular complexity index is 1350. The van der Waals surface area contributed by atoms with Crippen LogP contribution in [-0.4, -0.2) is 34.4 Å². The Morgan fingerprint density at radius 2 is 1.68 bits per heavy atom. The summed E-state index contributed by atoms with van der Waals surface area (Å²) in [5, 5.41) is 3.60. The van der Waals surface area contributed by atoms with Crippen molar-refractivity contribution in [3.05, 3.63) is 89.2 Å². The highest BCUT2D eigenvalue weighted by atomic mass is 32.2. The van der Waals surface area contributed by atoms with Crippen LogP contribution in [-0.2, 0) is 9.53 Å². The van der Waals surface area contributed by atoms with Gasteiger partial charge in [0.2, 0.25) is 5.91 Å². The van der Waals surface area contributed by atoms with Crippen molar-refractivity contribution in [2.75, 3.05) is 19.0 Å². The Morgan fingerprint density at radius 1 is 1.00 bits per heavy atom. The summed E-state index contributed by atoms with van der Waals surface area (Å²) < 4.78 is 6.91. The number of anilines is 1. The normalized spacial score (nSPS) is 12.9. The molecule has 0 spiro atoms. The van der Waals surface area contributed by atoms with Gasteiger partial charge < -0.3 is 10.1 Å². The number of aromatic nitrogens is 2. The lowest BCUT2D eigenvalue weighted by Crippen LogP contribution is -2.30. The van der Waals surface area contributed by atoms with Gasteiger partial charge in [-0.15, -0.1) is 0 Å². The summed E-state index contributed by atoms with van der Waals surface area (Å²) in [6.45, 7) is 4.09. The van der Waals surface area contributed by atoms with E-state index in [9.17, 15) is 9.59 Å². The third-order valence-electron chi connectivity index (χ3n) is 5.55. The maximum absolute atomic E-state index is 13.3. The SMILES string of the molecule is COC[C@H](C)n1c(S[C@@H](C)C(=O)Nc2ccccc2-c2ccccc2)nc2ccccc2c1=O. The van der Waals surface area contributed by atoms with Crippen LogP contribution >= 0.6 is 11.8 Å². The molecule has 1 amide bonds. The topological polar surface area (TPSA) is 73.2 Å². The number of para-hydroxylation sites is 2. The molecule has 0 radical (unpaired) electrons. The van der Waals surface area contributed by atoms with Gasteiger partial charge in [0.1, 0.15) is 0 Å². The quantitative estimate of drug-likeness (QED) is 0.274. The summed E-state index contributed by atoms with van der Waals surface area (Å²) in [5.41, 5.74) is 3.18. The van der Waals surface area contributed by atoms with Gasteiger partial charge in [0.15, 0.2) is 5.16 Å². The highest BCUT2D eigenvalue weighted by Crippen LogP contribution is 2.30. The molecule has 0 bridgehead atoms. The van der Waals surface area contributed by atoms with Gasteiger partial charge >= 0.3 is 0 Å². The standard InChI is InChI=1S/C27H27N3O3S/c1-18(17-33-3)30-26(32)22-14-8-10-16-24(22)29-27(30)34-19(2)25(31)28-23-15-9-7-13-21(23)20-11-5-4-6-12-20/h4-16,18-19H,17H2,1-3H3,(H,28,31)/t18-,19-/m0/s1. The first-order valence-corrected chi connectivity index (χ1v) is 12.0. The fourth-order valence-corrected chi connectivity index (χ4v) is 4.83. The number of carbonyl (C=O) groups excluding carboxylic acids is 1. The second kappa shape index (κ2) is 10.7. The molecule has 0 aliphatic rings. The molecule has 6 nitrogen and oxygen atoms in total. The van der Waals surface area contributed by atoms with E-state index >= 15 is 0 Å². The molecule has 0 unspecified atom stereocenters. The summed E-state index contributed by atoms with van der Waals surface area (Å²) in [6.07, 6.45) is 0. The molecule has 4 aromatic rings. The first-order chi connectivity index (χ1) is 16.5. The number of nitrogens with zero attached hydrogens (tertiary/aromatic N) is 2. The molecule has 1 heterocycles. The van der Waals surface area contributed by atoms with E-state index in [0.29, 0.717) is 22.7 Å². The third kappa shape index (κ3) is 5.05. The van der Waals surface area contributed by atoms with Gasteiger partial charge in [-0.2, -0.15) is 0 Å². The van der Waals surface area contributed by atoms with Crippen molar-refractivity contribution in [3.8, 4) is 11.1 Å². The van der Waals surface area contributed by atoms with E-state index < -0.39 is 5.25 Å². The minimum absolute atomic E-state index is 0.139. The van der Waals surface area contributed by atoms with Crippen molar-refractivity contribution in [3.63, 3.8) is 0 Å². The second-order valence-electron chi connectivity index (χ2n) is 8.05. The van der Waals surface area contributed by atoms with E-state index in [1.807, 2.05) is 86.6 Å². The Kier molecular flexibility index (Phi) is 7.45. The van der Waals surface area contributed by atoms with E-state index in [1.54, 1.807) is 17.7 Å². The summed E-state index contributed by atoms with van der Waals surface area (Å²) in [5.74, 6) is -0.165. The number of ether oxygens (including phenoxy) is 1. The van der Waals surface area contributed by atoms with Crippen LogP contribution in [0.5, 0.6) is 0 Å². The van der Waals surface area contributed by atoms with Gasteiger partial charge in [0.05, 0.1) is 28.8 Å². The fourth-order valence-electron chi connectivity index (χ4n) is 3.82. The van der Waals surface area contributed by atoms with Gasteiger partial charge in [-0.05, 0) is 37.6 Å². The summed E-state index contributed by atoms with van der Waals surface area (Å²) in [7, 11) is 1.60. The minimum atomic E-state index is -0.488. The third-order valence-corrected chi connectivity index (χ3v) is 6.61. The van der Waals surface area contributed by atoms with Crippen molar-refractivity contribution in [2.45, 2.75) is 30.3 Å². The maximum atomic E-state index is 13.3. The Labute approximate surface area is 203 Å². The molecule has 0 aliphatic heterocycles. The fraction of sp³-hybridized carbons (Fsp3) is 0.222. The minimum Gasteiger partial charge on any atom is -0.383 e. The molecule has 174 valence electrons. The Hall–Kier alpha value is -3.42. The zero-order valence-corrected chi connectivity index (χ0v) is 20.2. The van der Waals surface area contributed by atoms with Crippen LogP contribution in [0, 0.1) is 0 Å². The number of hydrogen-bond acceptors (Lipinski definition) is 5. The van der Waals surface area contributed by atoms with Gasteiger partial charge in [-0.1, -0.05) is 72.4 Å². The average molecular weight is 474 g/mol. The molecule has 3 aromatic carbocycles. The molecule has 1 aromatic heterocycles.